The highest BCUT2D eigenvalue weighted by Crippen LogP contribution is 2.47. The maximum Gasteiger partial charge on any atom is 0.205 e. The van der Waals surface area contributed by atoms with E-state index in [4.69, 9.17) is 10.5 Å². The minimum Gasteiger partial charge on any atom is -0.444 e. The SMILES string of the molecule is CC1(C)CC(=O)C2=C(C1)OC(N)=C(C#N)[C@@H]2c1ccc[nH]1. The van der Waals surface area contributed by atoms with Crippen LogP contribution >= 0.6 is 0 Å². The van der Waals surface area contributed by atoms with Gasteiger partial charge < -0.3 is 15.5 Å². The third kappa shape index (κ3) is 2.13. The van der Waals surface area contributed by atoms with Crippen LogP contribution in [0.3, 0.4) is 0 Å². The van der Waals surface area contributed by atoms with E-state index in [2.05, 4.69) is 11.1 Å². The third-order valence-corrected chi connectivity index (χ3v) is 4.01. The number of hydrogen-bond acceptors (Lipinski definition) is 4. The lowest BCUT2D eigenvalue weighted by molar-refractivity contribution is -0.119. The van der Waals surface area contributed by atoms with Gasteiger partial charge in [0.25, 0.3) is 0 Å². The van der Waals surface area contributed by atoms with E-state index in [9.17, 15) is 10.1 Å². The van der Waals surface area contributed by atoms with Gasteiger partial charge in [-0.05, 0) is 17.5 Å². The normalized spacial score (nSPS) is 24.4. The number of carbonyl (C=O) groups excluding carboxylic acids is 1. The fraction of sp³-hybridized carbons (Fsp3) is 0.375. The molecule has 3 N–H and O–H groups in total. The van der Waals surface area contributed by atoms with Crippen LogP contribution in [0.2, 0.25) is 0 Å². The average Bonchev–Trinajstić information content (AvgIpc) is 2.88. The number of nitrogens with two attached hydrogens (primary N) is 1. The van der Waals surface area contributed by atoms with Crippen molar-refractivity contribution in [3.05, 3.63) is 46.8 Å². The largest absolute Gasteiger partial charge is 0.444 e. The number of carbonyl (C=O) groups is 1. The predicted octanol–water partition coefficient (Wildman–Crippen LogP) is 2.47. The molecular formula is C16H17N3O2. The van der Waals surface area contributed by atoms with E-state index in [1.54, 1.807) is 6.20 Å². The number of rotatable bonds is 1. The molecule has 5 nitrogen and oxygen atoms in total. The molecular weight excluding hydrogens is 266 g/mol. The second-order valence-electron chi connectivity index (χ2n) is 6.33. The number of nitrogens with zero attached hydrogens (tertiary/aromatic N) is 1. The Morgan fingerprint density at radius 2 is 2.24 bits per heavy atom. The summed E-state index contributed by atoms with van der Waals surface area (Å²) in [6.45, 7) is 4.06. The molecule has 0 bridgehead atoms. The molecule has 1 aliphatic heterocycles. The molecule has 5 heteroatoms. The van der Waals surface area contributed by atoms with Gasteiger partial charge in [-0.3, -0.25) is 4.79 Å². The fourth-order valence-corrected chi connectivity index (χ4v) is 3.12. The van der Waals surface area contributed by atoms with Crippen LogP contribution in [0.1, 0.15) is 38.3 Å². The fourth-order valence-electron chi connectivity index (χ4n) is 3.12. The molecule has 0 amide bonds. The molecule has 0 spiro atoms. The molecule has 0 saturated carbocycles. The summed E-state index contributed by atoms with van der Waals surface area (Å²) in [5.41, 5.74) is 7.41. The lowest BCUT2D eigenvalue weighted by atomic mass is 9.71. The Bertz CT molecular complexity index is 702. The summed E-state index contributed by atoms with van der Waals surface area (Å²) in [5, 5.41) is 9.39. The Labute approximate surface area is 123 Å². The summed E-state index contributed by atoms with van der Waals surface area (Å²) in [6, 6.07) is 5.79. The van der Waals surface area contributed by atoms with Crippen LogP contribution in [0.5, 0.6) is 0 Å². The van der Waals surface area contributed by atoms with Crippen molar-refractivity contribution >= 4 is 5.78 Å². The number of H-pyrrole nitrogens is 1. The van der Waals surface area contributed by atoms with Crippen molar-refractivity contribution in [3.63, 3.8) is 0 Å². The Morgan fingerprint density at radius 1 is 1.48 bits per heavy atom. The molecule has 0 unspecified atom stereocenters. The van der Waals surface area contributed by atoms with Crippen molar-refractivity contribution in [1.82, 2.24) is 4.98 Å². The standard InChI is InChI=1S/C16H17N3O2/c1-16(2)6-11(20)14-12(7-16)21-15(18)9(8-17)13(14)10-4-3-5-19-10/h3-5,13,19H,6-7,18H2,1-2H3/t13-/m1/s1. The molecule has 0 aromatic carbocycles. The number of ether oxygens (including phenoxy) is 1. The van der Waals surface area contributed by atoms with Gasteiger partial charge in [-0.1, -0.05) is 13.8 Å². The molecule has 1 aliphatic carbocycles. The molecule has 0 fully saturated rings. The zero-order valence-corrected chi connectivity index (χ0v) is 12.1. The van der Waals surface area contributed by atoms with Gasteiger partial charge in [0, 0.05) is 30.3 Å². The molecule has 21 heavy (non-hydrogen) atoms. The van der Waals surface area contributed by atoms with Gasteiger partial charge in [-0.25, -0.2) is 0 Å². The number of nitriles is 1. The molecule has 0 radical (unpaired) electrons. The average molecular weight is 283 g/mol. The van der Waals surface area contributed by atoms with E-state index < -0.39 is 5.92 Å². The van der Waals surface area contributed by atoms with Crippen molar-refractivity contribution in [1.29, 1.82) is 5.26 Å². The first-order valence-corrected chi connectivity index (χ1v) is 6.90. The van der Waals surface area contributed by atoms with Crippen molar-refractivity contribution in [2.75, 3.05) is 0 Å². The van der Waals surface area contributed by atoms with Crippen molar-refractivity contribution in [2.45, 2.75) is 32.6 Å². The van der Waals surface area contributed by atoms with Gasteiger partial charge in [0.1, 0.15) is 17.4 Å². The Morgan fingerprint density at radius 3 is 2.86 bits per heavy atom. The van der Waals surface area contributed by atoms with Crippen LogP contribution < -0.4 is 5.73 Å². The lowest BCUT2D eigenvalue weighted by Gasteiger charge is -2.36. The highest BCUT2D eigenvalue weighted by molar-refractivity contribution is 5.99. The quantitative estimate of drug-likeness (QED) is 0.828. The number of aromatic amines is 1. The number of ketones is 1. The molecule has 108 valence electrons. The summed E-state index contributed by atoms with van der Waals surface area (Å²) in [5.74, 6) is 0.284. The summed E-state index contributed by atoms with van der Waals surface area (Å²) in [4.78, 5) is 15.7. The van der Waals surface area contributed by atoms with E-state index in [0.717, 1.165) is 5.69 Å². The number of allylic oxidation sites excluding steroid dienone is 3. The minimum absolute atomic E-state index is 0.0288. The molecule has 0 saturated heterocycles. The van der Waals surface area contributed by atoms with Crippen LogP contribution in [-0.2, 0) is 9.53 Å². The maximum absolute atomic E-state index is 12.6. The summed E-state index contributed by atoms with van der Waals surface area (Å²) < 4.78 is 5.61. The zero-order chi connectivity index (χ0) is 15.2. The van der Waals surface area contributed by atoms with Crippen LogP contribution in [-0.4, -0.2) is 10.8 Å². The number of nitrogens with one attached hydrogen (secondary N) is 1. The smallest absolute Gasteiger partial charge is 0.205 e. The minimum atomic E-state index is -0.447. The summed E-state index contributed by atoms with van der Waals surface area (Å²) in [6.07, 6.45) is 2.86. The molecule has 1 aromatic rings. The second-order valence-corrected chi connectivity index (χ2v) is 6.33. The third-order valence-electron chi connectivity index (χ3n) is 4.01. The molecule has 2 heterocycles. The van der Waals surface area contributed by atoms with Crippen LogP contribution in [0.4, 0.5) is 0 Å². The van der Waals surface area contributed by atoms with E-state index in [-0.39, 0.29) is 17.1 Å². The van der Waals surface area contributed by atoms with Crippen molar-refractivity contribution in [3.8, 4) is 6.07 Å². The highest BCUT2D eigenvalue weighted by Gasteiger charge is 2.43. The molecule has 1 aromatic heterocycles. The Kier molecular flexibility index (Phi) is 2.91. The van der Waals surface area contributed by atoms with Gasteiger partial charge in [0.05, 0.1) is 5.92 Å². The maximum atomic E-state index is 12.6. The van der Waals surface area contributed by atoms with E-state index >= 15 is 0 Å². The van der Waals surface area contributed by atoms with Crippen LogP contribution in [0.25, 0.3) is 0 Å². The van der Waals surface area contributed by atoms with Crippen molar-refractivity contribution in [2.24, 2.45) is 11.1 Å². The number of Topliss-reactive ketones (excluding diaryl/α,β-unsaturated/α-hetero) is 1. The second kappa shape index (κ2) is 4.52. The van der Waals surface area contributed by atoms with Crippen LogP contribution in [0, 0.1) is 16.7 Å². The first-order valence-electron chi connectivity index (χ1n) is 6.90. The Balaban J connectivity index is 2.17. The Hall–Kier alpha value is -2.48. The number of aromatic nitrogens is 1. The van der Waals surface area contributed by atoms with Gasteiger partial charge in [-0.2, -0.15) is 5.26 Å². The lowest BCUT2D eigenvalue weighted by Crippen LogP contribution is -2.33. The first-order chi connectivity index (χ1) is 9.93. The molecule has 3 rings (SSSR count). The topological polar surface area (TPSA) is 91.9 Å². The van der Waals surface area contributed by atoms with E-state index in [0.29, 0.717) is 29.7 Å². The monoisotopic (exact) mass is 283 g/mol. The number of hydrogen-bond donors (Lipinski definition) is 2. The van der Waals surface area contributed by atoms with Crippen molar-refractivity contribution < 1.29 is 9.53 Å². The van der Waals surface area contributed by atoms with Gasteiger partial charge >= 0.3 is 0 Å². The molecule has 2 aliphatic rings. The summed E-state index contributed by atoms with van der Waals surface area (Å²) >= 11 is 0. The van der Waals surface area contributed by atoms with Gasteiger partial charge in [-0.15, -0.1) is 0 Å². The first kappa shape index (κ1) is 13.5. The van der Waals surface area contributed by atoms with Gasteiger partial charge in [0.2, 0.25) is 5.88 Å². The summed E-state index contributed by atoms with van der Waals surface area (Å²) in [7, 11) is 0. The molecule has 1 atom stereocenters. The van der Waals surface area contributed by atoms with Crippen LogP contribution in [0.15, 0.2) is 41.1 Å². The van der Waals surface area contributed by atoms with E-state index in [1.807, 2.05) is 26.0 Å². The highest BCUT2D eigenvalue weighted by atomic mass is 16.5. The van der Waals surface area contributed by atoms with E-state index in [1.165, 1.54) is 0 Å². The predicted molar refractivity (Wildman–Crippen MR) is 76.5 cm³/mol. The zero-order valence-electron chi connectivity index (χ0n) is 12.1. The van der Waals surface area contributed by atoms with Gasteiger partial charge in [0.15, 0.2) is 5.78 Å².